The Morgan fingerprint density at radius 2 is 1.81 bits per heavy atom. The molecule has 9 heteroatoms. The van der Waals surface area contributed by atoms with Gasteiger partial charge in [-0.25, -0.2) is 9.97 Å². The summed E-state index contributed by atoms with van der Waals surface area (Å²) < 4.78 is 29.3. The van der Waals surface area contributed by atoms with E-state index in [0.29, 0.717) is 32.1 Å². The lowest BCUT2D eigenvalue weighted by Gasteiger charge is -2.34. The molecular weight excluding hydrogens is 344 g/mol. The molecule has 0 aliphatic carbocycles. The molecule has 0 unspecified atom stereocenters. The molecule has 0 spiro atoms. The van der Waals surface area contributed by atoms with Crippen LogP contribution in [0.3, 0.4) is 0 Å². The van der Waals surface area contributed by atoms with Crippen molar-refractivity contribution in [1.82, 2.24) is 14.9 Å². The van der Waals surface area contributed by atoms with Crippen molar-refractivity contribution < 1.29 is 18.3 Å². The van der Waals surface area contributed by atoms with E-state index in [0.717, 1.165) is 0 Å². The summed E-state index contributed by atoms with van der Waals surface area (Å²) in [5.41, 5.74) is 0.231. The van der Waals surface area contributed by atoms with E-state index >= 15 is 0 Å². The zero-order chi connectivity index (χ0) is 18.4. The maximum absolute atomic E-state index is 12.4. The Hall–Kier alpha value is -2.81. The van der Waals surface area contributed by atoms with Gasteiger partial charge >= 0.3 is 6.61 Å². The van der Waals surface area contributed by atoms with Crippen LogP contribution in [0, 0.1) is 0 Å². The second-order valence-electron chi connectivity index (χ2n) is 5.73. The van der Waals surface area contributed by atoms with Gasteiger partial charge in [-0.3, -0.25) is 9.69 Å². The van der Waals surface area contributed by atoms with E-state index in [9.17, 15) is 13.6 Å². The van der Waals surface area contributed by atoms with Crippen LogP contribution in [-0.4, -0.2) is 60.1 Å². The standard InChI is InChI=1S/C17H19F2N5O2/c18-16(19)26-14-5-2-1-4-13(14)22-15(25)12-23-8-10-24(11-9-23)17-20-6-3-7-21-17/h1-7,16H,8-12H2,(H,22,25). The molecular formula is C17H19F2N5O2. The first-order chi connectivity index (χ1) is 12.6. The number of carbonyl (C=O) groups is 1. The minimum absolute atomic E-state index is 0.0538. The summed E-state index contributed by atoms with van der Waals surface area (Å²) in [4.78, 5) is 24.7. The quantitative estimate of drug-likeness (QED) is 0.845. The number of ether oxygens (including phenoxy) is 1. The van der Waals surface area contributed by atoms with Crippen LogP contribution in [0.25, 0.3) is 0 Å². The smallest absolute Gasteiger partial charge is 0.387 e. The van der Waals surface area contributed by atoms with E-state index in [2.05, 4.69) is 24.9 Å². The van der Waals surface area contributed by atoms with Crippen molar-refractivity contribution in [3.63, 3.8) is 0 Å². The number of hydrogen-bond acceptors (Lipinski definition) is 6. The predicted octanol–water partition coefficient (Wildman–Crippen LogP) is 1.84. The van der Waals surface area contributed by atoms with Gasteiger partial charge in [0.2, 0.25) is 11.9 Å². The van der Waals surface area contributed by atoms with Gasteiger partial charge in [-0.05, 0) is 18.2 Å². The van der Waals surface area contributed by atoms with Crippen LogP contribution in [0.15, 0.2) is 42.7 Å². The first kappa shape index (κ1) is 18.0. The van der Waals surface area contributed by atoms with Gasteiger partial charge in [0.25, 0.3) is 0 Å². The molecule has 0 bridgehead atoms. The topological polar surface area (TPSA) is 70.6 Å². The minimum atomic E-state index is -2.94. The van der Waals surface area contributed by atoms with Gasteiger partial charge < -0.3 is 15.0 Å². The van der Waals surface area contributed by atoms with Crippen molar-refractivity contribution in [3.05, 3.63) is 42.7 Å². The van der Waals surface area contributed by atoms with Crippen LogP contribution in [0.2, 0.25) is 0 Å². The molecule has 2 heterocycles. The Morgan fingerprint density at radius 3 is 2.50 bits per heavy atom. The lowest BCUT2D eigenvalue weighted by atomic mass is 10.2. The molecule has 1 aliphatic heterocycles. The van der Waals surface area contributed by atoms with Crippen LogP contribution in [0.1, 0.15) is 0 Å². The maximum Gasteiger partial charge on any atom is 0.387 e. The first-order valence-corrected chi connectivity index (χ1v) is 8.20. The molecule has 0 atom stereocenters. The zero-order valence-electron chi connectivity index (χ0n) is 14.0. The molecule has 2 aromatic rings. The van der Waals surface area contributed by atoms with Gasteiger partial charge in [0.15, 0.2) is 0 Å². The first-order valence-electron chi connectivity index (χ1n) is 8.20. The molecule has 0 saturated carbocycles. The highest BCUT2D eigenvalue weighted by atomic mass is 19.3. The second kappa shape index (κ2) is 8.52. The predicted molar refractivity (Wildman–Crippen MR) is 92.4 cm³/mol. The van der Waals surface area contributed by atoms with Gasteiger partial charge in [0, 0.05) is 38.6 Å². The zero-order valence-corrected chi connectivity index (χ0v) is 14.0. The van der Waals surface area contributed by atoms with Gasteiger partial charge in [-0.15, -0.1) is 0 Å². The number of halogens is 2. The number of rotatable bonds is 6. The van der Waals surface area contributed by atoms with Crippen LogP contribution < -0.4 is 15.0 Å². The summed E-state index contributed by atoms with van der Waals surface area (Å²) >= 11 is 0. The molecule has 1 saturated heterocycles. The van der Waals surface area contributed by atoms with E-state index in [1.807, 2.05) is 4.90 Å². The Bertz CT molecular complexity index is 724. The molecule has 1 aromatic carbocycles. The van der Waals surface area contributed by atoms with Crippen molar-refractivity contribution in [1.29, 1.82) is 0 Å². The monoisotopic (exact) mass is 363 g/mol. The second-order valence-corrected chi connectivity index (χ2v) is 5.73. The number of anilines is 2. The van der Waals surface area contributed by atoms with E-state index in [4.69, 9.17) is 0 Å². The Morgan fingerprint density at radius 1 is 1.12 bits per heavy atom. The fourth-order valence-corrected chi connectivity index (χ4v) is 2.72. The number of amides is 1. The number of nitrogens with zero attached hydrogens (tertiary/aromatic N) is 4. The highest BCUT2D eigenvalue weighted by molar-refractivity contribution is 5.93. The Kier molecular flexibility index (Phi) is 5.90. The number of aromatic nitrogens is 2. The highest BCUT2D eigenvalue weighted by Crippen LogP contribution is 2.25. The SMILES string of the molecule is O=C(CN1CCN(c2ncccn2)CC1)Nc1ccccc1OC(F)F. The molecule has 1 N–H and O–H groups in total. The highest BCUT2D eigenvalue weighted by Gasteiger charge is 2.21. The van der Waals surface area contributed by atoms with Crippen LogP contribution in [0.4, 0.5) is 20.4 Å². The summed E-state index contributed by atoms with van der Waals surface area (Å²) in [5, 5.41) is 2.63. The van der Waals surface area contributed by atoms with Gasteiger partial charge in [-0.2, -0.15) is 8.78 Å². The number of alkyl halides is 2. The number of para-hydroxylation sites is 2. The van der Waals surface area contributed by atoms with E-state index in [1.54, 1.807) is 30.6 Å². The number of benzene rings is 1. The molecule has 138 valence electrons. The Labute approximate surface area is 149 Å². The van der Waals surface area contributed by atoms with Gasteiger partial charge in [-0.1, -0.05) is 12.1 Å². The van der Waals surface area contributed by atoms with Crippen molar-refractivity contribution in [2.45, 2.75) is 6.61 Å². The molecule has 26 heavy (non-hydrogen) atoms. The van der Waals surface area contributed by atoms with E-state index < -0.39 is 6.61 Å². The van der Waals surface area contributed by atoms with Crippen molar-refractivity contribution >= 4 is 17.5 Å². The minimum Gasteiger partial charge on any atom is -0.433 e. The summed E-state index contributed by atoms with van der Waals surface area (Å²) in [6, 6.07) is 7.89. The summed E-state index contributed by atoms with van der Waals surface area (Å²) in [7, 11) is 0. The molecule has 7 nitrogen and oxygen atoms in total. The number of hydrogen-bond donors (Lipinski definition) is 1. The van der Waals surface area contributed by atoms with Crippen molar-refractivity contribution in [2.75, 3.05) is 42.9 Å². The van der Waals surface area contributed by atoms with Crippen LogP contribution in [-0.2, 0) is 4.79 Å². The summed E-state index contributed by atoms with van der Waals surface area (Å²) in [6.07, 6.45) is 3.39. The number of piperazine rings is 1. The fraction of sp³-hybridized carbons (Fsp3) is 0.353. The molecule has 1 aromatic heterocycles. The van der Waals surface area contributed by atoms with Crippen molar-refractivity contribution in [2.24, 2.45) is 0 Å². The lowest BCUT2D eigenvalue weighted by Crippen LogP contribution is -2.49. The van der Waals surface area contributed by atoms with Gasteiger partial charge in [0.05, 0.1) is 12.2 Å². The average Bonchev–Trinajstić information content (AvgIpc) is 2.64. The largest absolute Gasteiger partial charge is 0.433 e. The lowest BCUT2D eigenvalue weighted by molar-refractivity contribution is -0.117. The van der Waals surface area contributed by atoms with Crippen LogP contribution >= 0.6 is 0 Å². The molecule has 0 radical (unpaired) electrons. The van der Waals surface area contributed by atoms with Gasteiger partial charge in [0.1, 0.15) is 5.75 Å². The molecule has 1 amide bonds. The van der Waals surface area contributed by atoms with E-state index in [-0.39, 0.29) is 23.9 Å². The fourth-order valence-electron chi connectivity index (χ4n) is 2.72. The van der Waals surface area contributed by atoms with Crippen LogP contribution in [0.5, 0.6) is 5.75 Å². The number of nitrogens with one attached hydrogen (secondary N) is 1. The third kappa shape index (κ3) is 4.85. The summed E-state index contributed by atoms with van der Waals surface area (Å²) in [6.45, 7) is 0.0141. The van der Waals surface area contributed by atoms with E-state index in [1.165, 1.54) is 12.1 Å². The van der Waals surface area contributed by atoms with Crippen molar-refractivity contribution in [3.8, 4) is 5.75 Å². The number of carbonyl (C=O) groups excluding carboxylic acids is 1. The molecule has 1 fully saturated rings. The third-order valence-corrected chi connectivity index (χ3v) is 3.95. The Balaban J connectivity index is 1.51. The third-order valence-electron chi connectivity index (χ3n) is 3.95. The molecule has 1 aliphatic rings. The summed E-state index contributed by atoms with van der Waals surface area (Å²) in [5.74, 6) is 0.344. The normalized spacial score (nSPS) is 15.1. The molecule has 3 rings (SSSR count). The maximum atomic E-state index is 12.4. The average molecular weight is 363 g/mol.